The number of benzene rings is 3. The molecule has 3 aromatic carbocycles. The van der Waals surface area contributed by atoms with Crippen molar-refractivity contribution in [2.45, 2.75) is 20.0 Å². The molecule has 1 atom stereocenters. The van der Waals surface area contributed by atoms with Gasteiger partial charge in [-0.05, 0) is 50.2 Å². The van der Waals surface area contributed by atoms with Gasteiger partial charge in [0, 0.05) is 11.8 Å². The van der Waals surface area contributed by atoms with E-state index >= 15 is 0 Å². The second kappa shape index (κ2) is 10.2. The Morgan fingerprint density at radius 3 is 2.21 bits per heavy atom. The van der Waals surface area contributed by atoms with Crippen molar-refractivity contribution in [2.24, 2.45) is 0 Å². The fourth-order valence-electron chi connectivity index (χ4n) is 2.62. The Bertz CT molecular complexity index is 910. The van der Waals surface area contributed by atoms with Gasteiger partial charge in [-0.2, -0.15) is 0 Å². The highest BCUT2D eigenvalue weighted by Crippen LogP contribution is 2.19. The van der Waals surface area contributed by atoms with E-state index in [9.17, 15) is 4.79 Å². The van der Waals surface area contributed by atoms with Gasteiger partial charge in [-0.25, -0.2) is 0 Å². The van der Waals surface area contributed by atoms with E-state index in [0.29, 0.717) is 30.4 Å². The summed E-state index contributed by atoms with van der Waals surface area (Å²) in [5.74, 6) is 1.90. The van der Waals surface area contributed by atoms with Gasteiger partial charge >= 0.3 is 0 Å². The van der Waals surface area contributed by atoms with Crippen LogP contribution in [-0.2, 0) is 4.79 Å². The molecule has 5 nitrogen and oxygen atoms in total. The Balaban J connectivity index is 1.46. The quantitative estimate of drug-likeness (QED) is 0.529. The second-order valence-corrected chi connectivity index (χ2v) is 6.60. The SMILES string of the molecule is Cc1ccc(OC(C)C(=O)Nc2cccc(OCCOc3ccccc3)c2)cc1. The first-order valence-electron chi connectivity index (χ1n) is 9.55. The molecule has 3 rings (SSSR count). The monoisotopic (exact) mass is 391 g/mol. The van der Waals surface area contributed by atoms with Gasteiger partial charge in [-0.15, -0.1) is 0 Å². The average molecular weight is 391 g/mol. The van der Waals surface area contributed by atoms with Crippen LogP contribution in [0, 0.1) is 6.92 Å². The summed E-state index contributed by atoms with van der Waals surface area (Å²) in [6.45, 7) is 4.56. The van der Waals surface area contributed by atoms with Crippen molar-refractivity contribution in [1.29, 1.82) is 0 Å². The number of para-hydroxylation sites is 1. The predicted molar refractivity (Wildman–Crippen MR) is 114 cm³/mol. The van der Waals surface area contributed by atoms with Crippen LogP contribution in [0.2, 0.25) is 0 Å². The molecule has 1 unspecified atom stereocenters. The number of hydrogen-bond donors (Lipinski definition) is 1. The Kier molecular flexibility index (Phi) is 7.11. The maximum Gasteiger partial charge on any atom is 0.265 e. The molecular weight excluding hydrogens is 366 g/mol. The highest BCUT2D eigenvalue weighted by atomic mass is 16.5. The molecule has 0 aromatic heterocycles. The van der Waals surface area contributed by atoms with Crippen molar-refractivity contribution in [1.82, 2.24) is 0 Å². The lowest BCUT2D eigenvalue weighted by atomic mass is 10.2. The number of amides is 1. The molecule has 1 amide bonds. The van der Waals surface area contributed by atoms with Crippen molar-refractivity contribution >= 4 is 11.6 Å². The molecule has 0 aliphatic carbocycles. The maximum atomic E-state index is 12.4. The van der Waals surface area contributed by atoms with Crippen molar-refractivity contribution in [3.05, 3.63) is 84.4 Å². The smallest absolute Gasteiger partial charge is 0.265 e. The fourth-order valence-corrected chi connectivity index (χ4v) is 2.62. The first-order valence-corrected chi connectivity index (χ1v) is 9.55. The molecule has 0 radical (unpaired) electrons. The van der Waals surface area contributed by atoms with E-state index in [1.165, 1.54) is 0 Å². The lowest BCUT2D eigenvalue weighted by Gasteiger charge is -2.15. The van der Waals surface area contributed by atoms with Gasteiger partial charge in [0.2, 0.25) is 0 Å². The van der Waals surface area contributed by atoms with E-state index in [2.05, 4.69) is 5.32 Å². The van der Waals surface area contributed by atoms with Crippen molar-refractivity contribution in [3.63, 3.8) is 0 Å². The average Bonchev–Trinajstić information content (AvgIpc) is 2.74. The molecule has 0 heterocycles. The van der Waals surface area contributed by atoms with Crippen LogP contribution >= 0.6 is 0 Å². The van der Waals surface area contributed by atoms with Crippen LogP contribution in [0.15, 0.2) is 78.9 Å². The number of hydrogen-bond acceptors (Lipinski definition) is 4. The van der Waals surface area contributed by atoms with E-state index in [0.717, 1.165) is 11.3 Å². The van der Waals surface area contributed by atoms with Crippen LogP contribution in [0.4, 0.5) is 5.69 Å². The number of carbonyl (C=O) groups is 1. The third kappa shape index (κ3) is 6.57. The summed E-state index contributed by atoms with van der Waals surface area (Å²) in [7, 11) is 0. The summed E-state index contributed by atoms with van der Waals surface area (Å²) in [4.78, 5) is 12.4. The zero-order valence-electron chi connectivity index (χ0n) is 16.6. The molecule has 3 aromatic rings. The first-order chi connectivity index (χ1) is 14.1. The van der Waals surface area contributed by atoms with Crippen LogP contribution < -0.4 is 19.5 Å². The fraction of sp³-hybridized carbons (Fsp3) is 0.208. The molecule has 1 N–H and O–H groups in total. The number of anilines is 1. The Hall–Kier alpha value is -3.47. The minimum atomic E-state index is -0.624. The standard InChI is InChI=1S/C24H25NO4/c1-18-11-13-22(14-12-18)29-19(2)24(26)25-20-7-6-10-23(17-20)28-16-15-27-21-8-4-3-5-9-21/h3-14,17,19H,15-16H2,1-2H3,(H,25,26). The maximum absolute atomic E-state index is 12.4. The lowest BCUT2D eigenvalue weighted by Crippen LogP contribution is -2.30. The van der Waals surface area contributed by atoms with E-state index in [1.54, 1.807) is 13.0 Å². The minimum absolute atomic E-state index is 0.227. The normalized spacial score (nSPS) is 11.4. The van der Waals surface area contributed by atoms with E-state index in [1.807, 2.05) is 79.7 Å². The summed E-state index contributed by atoms with van der Waals surface area (Å²) in [6.07, 6.45) is -0.624. The van der Waals surface area contributed by atoms with Crippen molar-refractivity contribution in [3.8, 4) is 17.2 Å². The summed E-state index contributed by atoms with van der Waals surface area (Å²) in [6, 6.07) is 24.4. The summed E-state index contributed by atoms with van der Waals surface area (Å²) in [5, 5.41) is 2.85. The molecule has 29 heavy (non-hydrogen) atoms. The van der Waals surface area contributed by atoms with Gasteiger partial charge in [-0.1, -0.05) is 42.0 Å². The largest absolute Gasteiger partial charge is 0.490 e. The Labute approximate surface area is 171 Å². The topological polar surface area (TPSA) is 56.8 Å². The van der Waals surface area contributed by atoms with Crippen LogP contribution in [0.5, 0.6) is 17.2 Å². The van der Waals surface area contributed by atoms with Gasteiger partial charge in [0.1, 0.15) is 30.5 Å². The van der Waals surface area contributed by atoms with E-state index in [4.69, 9.17) is 14.2 Å². The van der Waals surface area contributed by atoms with Crippen LogP contribution in [-0.4, -0.2) is 25.2 Å². The zero-order chi connectivity index (χ0) is 20.5. The molecule has 0 spiro atoms. The van der Waals surface area contributed by atoms with Gasteiger partial charge in [0.05, 0.1) is 0 Å². The van der Waals surface area contributed by atoms with Crippen molar-refractivity contribution in [2.75, 3.05) is 18.5 Å². The highest BCUT2D eigenvalue weighted by Gasteiger charge is 2.15. The van der Waals surface area contributed by atoms with Crippen LogP contribution in [0.3, 0.4) is 0 Å². The van der Waals surface area contributed by atoms with E-state index < -0.39 is 6.10 Å². The molecule has 0 aliphatic heterocycles. The molecular formula is C24H25NO4. The molecule has 0 bridgehead atoms. The molecule has 150 valence electrons. The highest BCUT2D eigenvalue weighted by molar-refractivity contribution is 5.94. The number of rotatable bonds is 9. The summed E-state index contributed by atoms with van der Waals surface area (Å²) < 4.78 is 17.0. The minimum Gasteiger partial charge on any atom is -0.490 e. The van der Waals surface area contributed by atoms with Crippen molar-refractivity contribution < 1.29 is 19.0 Å². The van der Waals surface area contributed by atoms with Crippen LogP contribution in [0.1, 0.15) is 12.5 Å². The van der Waals surface area contributed by atoms with Crippen LogP contribution in [0.25, 0.3) is 0 Å². The van der Waals surface area contributed by atoms with Gasteiger partial charge in [0.15, 0.2) is 6.10 Å². The second-order valence-electron chi connectivity index (χ2n) is 6.60. The summed E-state index contributed by atoms with van der Waals surface area (Å²) in [5.41, 5.74) is 1.79. The molecule has 5 heteroatoms. The van der Waals surface area contributed by atoms with Gasteiger partial charge in [0.25, 0.3) is 5.91 Å². The number of ether oxygens (including phenoxy) is 3. The molecule has 0 fully saturated rings. The number of nitrogens with one attached hydrogen (secondary N) is 1. The van der Waals surface area contributed by atoms with E-state index in [-0.39, 0.29) is 5.91 Å². The Morgan fingerprint density at radius 1 is 0.828 bits per heavy atom. The molecule has 0 saturated carbocycles. The molecule has 0 saturated heterocycles. The third-order valence-electron chi connectivity index (χ3n) is 4.17. The predicted octanol–water partition coefficient (Wildman–Crippen LogP) is 4.86. The van der Waals surface area contributed by atoms with Gasteiger partial charge in [-0.3, -0.25) is 4.79 Å². The number of aryl methyl sites for hydroxylation is 1. The van der Waals surface area contributed by atoms with Gasteiger partial charge < -0.3 is 19.5 Å². The molecule has 0 aliphatic rings. The number of carbonyl (C=O) groups excluding carboxylic acids is 1. The summed E-state index contributed by atoms with van der Waals surface area (Å²) >= 11 is 0. The Morgan fingerprint density at radius 2 is 1.48 bits per heavy atom. The first kappa shape index (κ1) is 20.3. The lowest BCUT2D eigenvalue weighted by molar-refractivity contribution is -0.122. The third-order valence-corrected chi connectivity index (χ3v) is 4.17. The zero-order valence-corrected chi connectivity index (χ0v) is 16.6.